The van der Waals surface area contributed by atoms with E-state index in [1.807, 2.05) is 52.1 Å². The number of nitrogens with one attached hydrogen (secondary N) is 1. The average molecular weight is 287 g/mol. The largest absolute Gasteiger partial charge is 0.492 e. The molecular weight excluding hydrogens is 266 g/mol. The summed E-state index contributed by atoms with van der Waals surface area (Å²) < 4.78 is 7.31. The van der Waals surface area contributed by atoms with Gasteiger partial charge in [-0.15, -0.1) is 0 Å². The van der Waals surface area contributed by atoms with Crippen LogP contribution in [0, 0.1) is 13.8 Å². The lowest BCUT2D eigenvalue weighted by atomic mass is 10.1. The molecular formula is C16H21N3O2. The Kier molecular flexibility index (Phi) is 4.62. The van der Waals surface area contributed by atoms with Gasteiger partial charge >= 0.3 is 0 Å². The number of aryl methyl sites for hydroxylation is 2. The van der Waals surface area contributed by atoms with Gasteiger partial charge in [0, 0.05) is 18.3 Å². The number of para-hydroxylation sites is 2. The first kappa shape index (κ1) is 15.1. The number of ether oxygens (including phenoxy) is 1. The van der Waals surface area contributed by atoms with E-state index in [2.05, 4.69) is 10.4 Å². The van der Waals surface area contributed by atoms with Crippen LogP contribution in [0.3, 0.4) is 0 Å². The molecule has 0 atom stereocenters. The summed E-state index contributed by atoms with van der Waals surface area (Å²) in [5.41, 5.74) is 3.58. The average Bonchev–Trinajstić information content (AvgIpc) is 2.68. The maximum absolute atomic E-state index is 12.2. The fourth-order valence-electron chi connectivity index (χ4n) is 2.28. The summed E-state index contributed by atoms with van der Waals surface area (Å²) in [5.74, 6) is 0.620. The summed E-state index contributed by atoms with van der Waals surface area (Å²) in [4.78, 5) is 12.2. The van der Waals surface area contributed by atoms with Crippen molar-refractivity contribution in [2.45, 2.75) is 27.2 Å². The van der Waals surface area contributed by atoms with E-state index in [9.17, 15) is 4.79 Å². The van der Waals surface area contributed by atoms with Crippen LogP contribution < -0.4 is 10.1 Å². The van der Waals surface area contributed by atoms with Gasteiger partial charge in [0.25, 0.3) is 0 Å². The molecule has 5 heteroatoms. The van der Waals surface area contributed by atoms with Crippen molar-refractivity contribution in [1.29, 1.82) is 0 Å². The summed E-state index contributed by atoms with van der Waals surface area (Å²) in [5, 5.41) is 7.24. The van der Waals surface area contributed by atoms with Crippen LogP contribution in [0.1, 0.15) is 23.9 Å². The number of amides is 1. The normalized spacial score (nSPS) is 10.5. The molecule has 1 heterocycles. The lowest BCUT2D eigenvalue weighted by molar-refractivity contribution is -0.115. The number of aromatic nitrogens is 2. The second-order valence-corrected chi connectivity index (χ2v) is 4.93. The lowest BCUT2D eigenvalue weighted by Crippen LogP contribution is -2.16. The molecule has 0 aliphatic rings. The van der Waals surface area contributed by atoms with Crippen molar-refractivity contribution >= 4 is 11.6 Å². The zero-order chi connectivity index (χ0) is 15.4. The van der Waals surface area contributed by atoms with E-state index in [1.165, 1.54) is 0 Å². The van der Waals surface area contributed by atoms with Crippen molar-refractivity contribution in [3.05, 3.63) is 41.2 Å². The summed E-state index contributed by atoms with van der Waals surface area (Å²) in [6.07, 6.45) is 0.311. The lowest BCUT2D eigenvalue weighted by Gasteiger charge is -2.11. The highest BCUT2D eigenvalue weighted by Gasteiger charge is 2.14. The van der Waals surface area contributed by atoms with Gasteiger partial charge < -0.3 is 10.1 Å². The van der Waals surface area contributed by atoms with Gasteiger partial charge in [-0.2, -0.15) is 5.10 Å². The fourth-order valence-corrected chi connectivity index (χ4v) is 2.28. The Morgan fingerprint density at radius 2 is 2.05 bits per heavy atom. The zero-order valence-corrected chi connectivity index (χ0v) is 12.9. The molecule has 2 aromatic rings. The van der Waals surface area contributed by atoms with E-state index >= 15 is 0 Å². The Balaban J connectivity index is 2.12. The molecule has 0 bridgehead atoms. The second kappa shape index (κ2) is 6.43. The molecule has 5 nitrogen and oxygen atoms in total. The smallest absolute Gasteiger partial charge is 0.229 e. The Labute approximate surface area is 124 Å². The number of carbonyl (C=O) groups is 1. The van der Waals surface area contributed by atoms with Crippen LogP contribution in [0.4, 0.5) is 5.69 Å². The number of hydrogen-bond donors (Lipinski definition) is 1. The van der Waals surface area contributed by atoms with Gasteiger partial charge in [0.1, 0.15) is 5.75 Å². The number of nitrogens with zero attached hydrogens (tertiary/aromatic N) is 2. The van der Waals surface area contributed by atoms with Crippen LogP contribution in [-0.4, -0.2) is 22.3 Å². The molecule has 1 aromatic heterocycles. The monoisotopic (exact) mass is 287 g/mol. The number of carbonyl (C=O) groups excluding carboxylic acids is 1. The summed E-state index contributed by atoms with van der Waals surface area (Å²) in [6.45, 7) is 6.37. The summed E-state index contributed by atoms with van der Waals surface area (Å²) in [7, 11) is 1.88. The molecule has 0 aliphatic carbocycles. The minimum Gasteiger partial charge on any atom is -0.492 e. The minimum atomic E-state index is -0.0682. The van der Waals surface area contributed by atoms with Gasteiger partial charge in [-0.25, -0.2) is 0 Å². The molecule has 112 valence electrons. The van der Waals surface area contributed by atoms with Gasteiger partial charge in [0.05, 0.1) is 24.4 Å². The predicted molar refractivity (Wildman–Crippen MR) is 82.6 cm³/mol. The first-order chi connectivity index (χ1) is 10.0. The van der Waals surface area contributed by atoms with E-state index in [0.29, 0.717) is 24.5 Å². The van der Waals surface area contributed by atoms with Crippen molar-refractivity contribution < 1.29 is 9.53 Å². The van der Waals surface area contributed by atoms with Gasteiger partial charge in [-0.1, -0.05) is 12.1 Å². The number of rotatable bonds is 5. The highest BCUT2D eigenvalue weighted by molar-refractivity contribution is 5.93. The topological polar surface area (TPSA) is 56.1 Å². The third kappa shape index (κ3) is 3.42. The van der Waals surface area contributed by atoms with Crippen LogP contribution in [-0.2, 0) is 18.3 Å². The van der Waals surface area contributed by atoms with E-state index < -0.39 is 0 Å². The van der Waals surface area contributed by atoms with Gasteiger partial charge in [0.2, 0.25) is 5.91 Å². The maximum atomic E-state index is 12.2. The predicted octanol–water partition coefficient (Wildman–Crippen LogP) is 2.62. The van der Waals surface area contributed by atoms with E-state index in [1.54, 1.807) is 4.68 Å². The molecule has 1 N–H and O–H groups in total. The van der Waals surface area contributed by atoms with Gasteiger partial charge in [-0.3, -0.25) is 9.48 Å². The molecule has 0 saturated heterocycles. The standard InChI is InChI=1S/C16H21N3O2/c1-5-21-15-9-7-6-8-14(15)17-16(20)10-13-11(2)18-19(4)12(13)3/h6-9H,5,10H2,1-4H3,(H,17,20). The molecule has 1 aromatic carbocycles. The quantitative estimate of drug-likeness (QED) is 0.919. The Hall–Kier alpha value is -2.30. The fraction of sp³-hybridized carbons (Fsp3) is 0.375. The SMILES string of the molecule is CCOc1ccccc1NC(=O)Cc1c(C)nn(C)c1C. The van der Waals surface area contributed by atoms with Crippen molar-refractivity contribution in [1.82, 2.24) is 9.78 Å². The zero-order valence-electron chi connectivity index (χ0n) is 12.9. The van der Waals surface area contributed by atoms with Crippen LogP contribution in [0.15, 0.2) is 24.3 Å². The first-order valence-corrected chi connectivity index (χ1v) is 7.03. The minimum absolute atomic E-state index is 0.0682. The molecule has 0 saturated carbocycles. The molecule has 0 aliphatic heterocycles. The van der Waals surface area contributed by atoms with Crippen LogP contribution in [0.2, 0.25) is 0 Å². The molecule has 0 fully saturated rings. The highest BCUT2D eigenvalue weighted by Crippen LogP contribution is 2.24. The molecule has 21 heavy (non-hydrogen) atoms. The molecule has 0 unspecified atom stereocenters. The van der Waals surface area contributed by atoms with Crippen molar-refractivity contribution in [3.8, 4) is 5.75 Å². The Bertz CT molecular complexity index is 647. The third-order valence-electron chi connectivity index (χ3n) is 3.46. The van der Waals surface area contributed by atoms with Crippen molar-refractivity contribution in [3.63, 3.8) is 0 Å². The molecule has 2 rings (SSSR count). The van der Waals surface area contributed by atoms with Crippen molar-refractivity contribution in [2.24, 2.45) is 7.05 Å². The first-order valence-electron chi connectivity index (χ1n) is 7.03. The van der Waals surface area contributed by atoms with Crippen molar-refractivity contribution in [2.75, 3.05) is 11.9 Å². The highest BCUT2D eigenvalue weighted by atomic mass is 16.5. The Morgan fingerprint density at radius 3 is 2.67 bits per heavy atom. The maximum Gasteiger partial charge on any atom is 0.229 e. The molecule has 0 spiro atoms. The number of anilines is 1. The summed E-state index contributed by atoms with van der Waals surface area (Å²) >= 11 is 0. The van der Waals surface area contributed by atoms with Crippen LogP contribution >= 0.6 is 0 Å². The Morgan fingerprint density at radius 1 is 1.33 bits per heavy atom. The van der Waals surface area contributed by atoms with E-state index in [4.69, 9.17) is 4.74 Å². The number of hydrogen-bond acceptors (Lipinski definition) is 3. The van der Waals surface area contributed by atoms with E-state index in [-0.39, 0.29) is 5.91 Å². The van der Waals surface area contributed by atoms with Gasteiger partial charge in [0.15, 0.2) is 0 Å². The van der Waals surface area contributed by atoms with Gasteiger partial charge in [-0.05, 0) is 32.9 Å². The second-order valence-electron chi connectivity index (χ2n) is 4.93. The number of benzene rings is 1. The van der Waals surface area contributed by atoms with Crippen LogP contribution in [0.25, 0.3) is 0 Å². The molecule has 0 radical (unpaired) electrons. The van der Waals surface area contributed by atoms with E-state index in [0.717, 1.165) is 17.0 Å². The summed E-state index contributed by atoms with van der Waals surface area (Å²) in [6, 6.07) is 7.44. The third-order valence-corrected chi connectivity index (χ3v) is 3.46. The van der Waals surface area contributed by atoms with Crippen LogP contribution in [0.5, 0.6) is 5.75 Å². The molecule has 1 amide bonds.